The highest BCUT2D eigenvalue weighted by Gasteiger charge is 2.20. The molecule has 0 saturated carbocycles. The number of hydrogen-bond donors (Lipinski definition) is 5. The fourth-order valence-corrected chi connectivity index (χ4v) is 4.90. The number of nitrogens with one attached hydrogen (secondary N) is 2. The van der Waals surface area contributed by atoms with Crippen LogP contribution in [0.2, 0.25) is 0 Å². The molecule has 0 amide bonds. The molecule has 252 valence electrons. The molecule has 1 aromatic rings. The van der Waals surface area contributed by atoms with Crippen LogP contribution in [-0.2, 0) is 9.59 Å². The largest absolute Gasteiger partial charge is 0.512 e. The van der Waals surface area contributed by atoms with Crippen LogP contribution in [0, 0.1) is 5.92 Å². The van der Waals surface area contributed by atoms with E-state index in [4.69, 9.17) is 5.73 Å². The molecule has 11 heteroatoms. The van der Waals surface area contributed by atoms with Crippen LogP contribution in [0.1, 0.15) is 73.1 Å². The molecule has 10 nitrogen and oxygen atoms in total. The van der Waals surface area contributed by atoms with E-state index >= 15 is 0 Å². The maximum absolute atomic E-state index is 14.8. The Morgan fingerprint density at radius 3 is 2.58 bits per heavy atom. The second-order valence-corrected chi connectivity index (χ2v) is 10.9. The number of halogens is 1. The predicted octanol–water partition coefficient (Wildman–Crippen LogP) is 5.74. The van der Waals surface area contributed by atoms with E-state index in [0.717, 1.165) is 51.9 Å². The second-order valence-electron chi connectivity index (χ2n) is 10.9. The van der Waals surface area contributed by atoms with Gasteiger partial charge in [-0.25, -0.2) is 9.37 Å². The van der Waals surface area contributed by atoms with E-state index in [1.165, 1.54) is 12.2 Å². The van der Waals surface area contributed by atoms with Crippen molar-refractivity contribution >= 4 is 23.6 Å². The lowest BCUT2D eigenvalue weighted by molar-refractivity contribution is -0.129. The van der Waals surface area contributed by atoms with E-state index in [9.17, 15) is 24.2 Å². The molecule has 1 aliphatic heterocycles. The molecule has 1 saturated heterocycles. The predicted molar refractivity (Wildman–Crippen MR) is 182 cm³/mol. The number of hydrogen-bond acceptors (Lipinski definition) is 10. The average Bonchev–Trinajstić information content (AvgIpc) is 3.05. The fraction of sp³-hybridized carbons (Fsp3) is 0.559. The number of ketones is 1. The minimum absolute atomic E-state index is 0.00758. The van der Waals surface area contributed by atoms with Gasteiger partial charge in [0, 0.05) is 61.7 Å². The molecule has 45 heavy (non-hydrogen) atoms. The van der Waals surface area contributed by atoms with Crippen LogP contribution in [0.25, 0.3) is 0 Å². The molecule has 0 radical (unpaired) electrons. The van der Waals surface area contributed by atoms with Gasteiger partial charge in [-0.15, -0.1) is 0 Å². The second kappa shape index (κ2) is 21.9. The van der Waals surface area contributed by atoms with Crippen LogP contribution in [-0.4, -0.2) is 78.0 Å². The first-order valence-corrected chi connectivity index (χ1v) is 16.1. The summed E-state index contributed by atoms with van der Waals surface area (Å²) in [6, 6.07) is 1.58. The van der Waals surface area contributed by atoms with Crippen molar-refractivity contribution in [1.82, 2.24) is 15.2 Å². The first-order chi connectivity index (χ1) is 21.6. The third-order valence-electron chi connectivity index (χ3n) is 7.59. The SMILES string of the molecule is C=C/C(CN1CCCNCCN(c2ncc(N/C(C)=C(\N)CC(=O)C=O)cc2O)CC(CC)CCC1)=C(F)\C=C(\O)CC.CC. The van der Waals surface area contributed by atoms with Crippen LogP contribution in [0.5, 0.6) is 5.75 Å². The van der Waals surface area contributed by atoms with Crippen molar-refractivity contribution in [3.63, 3.8) is 0 Å². The number of carbonyl (C=O) groups is 2. The van der Waals surface area contributed by atoms with Gasteiger partial charge in [-0.2, -0.15) is 0 Å². The molecule has 1 aliphatic rings. The van der Waals surface area contributed by atoms with Gasteiger partial charge in [0.15, 0.2) is 17.9 Å². The van der Waals surface area contributed by atoms with Gasteiger partial charge in [-0.05, 0) is 51.7 Å². The summed E-state index contributed by atoms with van der Waals surface area (Å²) in [6.45, 7) is 18.3. The summed E-state index contributed by atoms with van der Waals surface area (Å²) < 4.78 is 14.8. The summed E-state index contributed by atoms with van der Waals surface area (Å²) in [5.74, 6) is -0.173. The Morgan fingerprint density at radius 2 is 1.96 bits per heavy atom. The van der Waals surface area contributed by atoms with Gasteiger partial charge in [0.05, 0.1) is 24.1 Å². The molecule has 6 N–H and O–H groups in total. The smallest absolute Gasteiger partial charge is 0.201 e. The summed E-state index contributed by atoms with van der Waals surface area (Å²) >= 11 is 0. The van der Waals surface area contributed by atoms with Gasteiger partial charge in [0.25, 0.3) is 0 Å². The number of anilines is 2. The Labute approximate surface area is 269 Å². The highest BCUT2D eigenvalue weighted by molar-refractivity contribution is 6.25. The minimum atomic E-state index is -0.610. The molecule has 1 fully saturated rings. The number of aliphatic hydroxyl groups is 1. The summed E-state index contributed by atoms with van der Waals surface area (Å²) in [7, 11) is 0. The van der Waals surface area contributed by atoms with E-state index in [0.29, 0.717) is 54.7 Å². The number of nitrogens with zero attached hydrogens (tertiary/aromatic N) is 3. The molecule has 2 rings (SSSR count). The van der Waals surface area contributed by atoms with Crippen LogP contribution < -0.4 is 21.3 Å². The monoisotopic (exact) mass is 630 g/mol. The molecule has 0 aliphatic carbocycles. The number of aromatic nitrogens is 1. The lowest BCUT2D eigenvalue weighted by Crippen LogP contribution is -2.36. The van der Waals surface area contributed by atoms with Crippen molar-refractivity contribution in [3.05, 3.63) is 59.5 Å². The number of aldehydes is 1. The van der Waals surface area contributed by atoms with Crippen molar-refractivity contribution in [1.29, 1.82) is 0 Å². The number of carbonyl (C=O) groups excluding carboxylic acids is 2. The standard InChI is InChI=1S/C32H49FN6O4.C2H6/c1-5-24-10-8-13-38(21-25(6-2)29(33)17-27(41)7-3)14-9-11-35-12-15-39(20-24)32-31(43)16-26(19-36-32)37-23(4)30(34)18-28(42)22-40;1-2/h6,16-17,19,22,24,35,37,41,43H,2,5,7-15,18,20-21,34H2,1,3-4H3;1-2H3/b27-17+,29-25-,30-23-;. The Bertz CT molecular complexity index is 1180. The van der Waals surface area contributed by atoms with Crippen molar-refractivity contribution < 1.29 is 24.2 Å². The highest BCUT2D eigenvalue weighted by atomic mass is 19.1. The highest BCUT2D eigenvalue weighted by Crippen LogP contribution is 2.30. The van der Waals surface area contributed by atoms with E-state index in [-0.39, 0.29) is 29.9 Å². The third kappa shape index (κ3) is 14.3. The maximum Gasteiger partial charge on any atom is 0.201 e. The number of nitrogens with two attached hydrogens (primary N) is 1. The number of Topliss-reactive ketones (excluding diaryl/α,β-unsaturated/α-hetero) is 1. The molecule has 0 spiro atoms. The molecule has 0 aromatic carbocycles. The van der Waals surface area contributed by atoms with Gasteiger partial charge < -0.3 is 31.5 Å². The first kappa shape index (κ1) is 39.3. The van der Waals surface area contributed by atoms with Gasteiger partial charge in [-0.3, -0.25) is 14.5 Å². The number of allylic oxidation sites excluding steroid dienone is 5. The van der Waals surface area contributed by atoms with Crippen molar-refractivity contribution in [2.75, 3.05) is 56.0 Å². The average molecular weight is 631 g/mol. The van der Waals surface area contributed by atoms with E-state index in [1.807, 2.05) is 13.8 Å². The summed E-state index contributed by atoms with van der Waals surface area (Å²) in [5, 5.41) is 27.2. The number of aromatic hydroxyl groups is 1. The molecule has 1 atom stereocenters. The van der Waals surface area contributed by atoms with Gasteiger partial charge in [0.1, 0.15) is 5.83 Å². The molecular weight excluding hydrogens is 575 g/mol. The lowest BCUT2D eigenvalue weighted by Gasteiger charge is -2.29. The summed E-state index contributed by atoms with van der Waals surface area (Å²) in [5.41, 5.74) is 7.66. The Kier molecular flexibility index (Phi) is 19.1. The zero-order chi connectivity index (χ0) is 33.8. The molecule has 0 bridgehead atoms. The van der Waals surface area contributed by atoms with Gasteiger partial charge in [0.2, 0.25) is 5.78 Å². The molecule has 1 aromatic heterocycles. The van der Waals surface area contributed by atoms with E-state index in [1.54, 1.807) is 26.1 Å². The summed E-state index contributed by atoms with van der Waals surface area (Å²) in [4.78, 5) is 30.9. The Hall–Kier alpha value is -3.70. The third-order valence-corrected chi connectivity index (χ3v) is 7.59. The quantitative estimate of drug-likeness (QED) is 0.0839. The molecule has 1 unspecified atom stereocenters. The van der Waals surface area contributed by atoms with Crippen molar-refractivity contribution in [2.24, 2.45) is 11.7 Å². The topological polar surface area (TPSA) is 144 Å². The zero-order valence-electron chi connectivity index (χ0n) is 27.9. The van der Waals surface area contributed by atoms with Crippen LogP contribution in [0.4, 0.5) is 15.9 Å². The first-order valence-electron chi connectivity index (χ1n) is 16.1. The van der Waals surface area contributed by atoms with E-state index < -0.39 is 11.6 Å². The summed E-state index contributed by atoms with van der Waals surface area (Å²) in [6.07, 6.45) is 8.50. The lowest BCUT2D eigenvalue weighted by atomic mass is 9.99. The van der Waals surface area contributed by atoms with Crippen LogP contribution in [0.15, 0.2) is 59.5 Å². The number of rotatable bonds is 12. The normalized spacial score (nSPS) is 18.5. The minimum Gasteiger partial charge on any atom is -0.512 e. The fourth-order valence-electron chi connectivity index (χ4n) is 4.90. The maximum atomic E-state index is 14.8. The number of aliphatic hydroxyl groups excluding tert-OH is 1. The molecular formula is C34H55FN6O4. The Balaban J connectivity index is 0.00000496. The van der Waals surface area contributed by atoms with Crippen molar-refractivity contribution in [2.45, 2.75) is 73.1 Å². The van der Waals surface area contributed by atoms with Gasteiger partial charge in [-0.1, -0.05) is 46.8 Å². The zero-order valence-corrected chi connectivity index (χ0v) is 27.9. The van der Waals surface area contributed by atoms with Crippen molar-refractivity contribution in [3.8, 4) is 5.75 Å². The molecule has 2 heterocycles. The van der Waals surface area contributed by atoms with Crippen LogP contribution >= 0.6 is 0 Å². The van der Waals surface area contributed by atoms with E-state index in [2.05, 4.69) is 38.9 Å². The van der Waals surface area contributed by atoms with Crippen LogP contribution in [0.3, 0.4) is 0 Å². The van der Waals surface area contributed by atoms with Gasteiger partial charge >= 0.3 is 0 Å². The Morgan fingerprint density at radius 1 is 1.24 bits per heavy atom. The number of pyridine rings is 1.